The van der Waals surface area contributed by atoms with E-state index >= 15 is 0 Å². The molecule has 0 fully saturated rings. The molecule has 2 atom stereocenters. The summed E-state index contributed by atoms with van der Waals surface area (Å²) in [6.07, 6.45) is 30.2. The SMILES string of the molecule is CCCCC/C=C\C/C=C\CCCCCCC(C(=O)O)C(CCCCCCCCCC)C(=O)O. The van der Waals surface area contributed by atoms with E-state index < -0.39 is 23.8 Å². The highest BCUT2D eigenvalue weighted by Crippen LogP contribution is 2.26. The lowest BCUT2D eigenvalue weighted by molar-refractivity contribution is -0.154. The van der Waals surface area contributed by atoms with Crippen molar-refractivity contribution in [2.45, 2.75) is 142 Å². The maximum Gasteiger partial charge on any atom is 0.307 e. The van der Waals surface area contributed by atoms with Crippen molar-refractivity contribution in [3.8, 4) is 0 Å². The van der Waals surface area contributed by atoms with Crippen molar-refractivity contribution < 1.29 is 19.8 Å². The van der Waals surface area contributed by atoms with Crippen LogP contribution in [0, 0.1) is 11.8 Å². The van der Waals surface area contributed by atoms with Gasteiger partial charge in [0.05, 0.1) is 11.8 Å². The zero-order valence-corrected chi connectivity index (χ0v) is 22.3. The number of aliphatic carboxylic acids is 2. The fourth-order valence-electron chi connectivity index (χ4n) is 4.49. The van der Waals surface area contributed by atoms with Gasteiger partial charge in [0, 0.05) is 0 Å². The van der Waals surface area contributed by atoms with E-state index in [4.69, 9.17) is 0 Å². The van der Waals surface area contributed by atoms with Gasteiger partial charge in [-0.3, -0.25) is 9.59 Å². The highest BCUT2D eigenvalue weighted by atomic mass is 16.4. The molecule has 0 radical (unpaired) electrons. The number of hydrogen-bond donors (Lipinski definition) is 2. The highest BCUT2D eigenvalue weighted by Gasteiger charge is 2.32. The van der Waals surface area contributed by atoms with Crippen LogP contribution in [0.4, 0.5) is 0 Å². The molecule has 0 saturated heterocycles. The van der Waals surface area contributed by atoms with Gasteiger partial charge in [-0.25, -0.2) is 0 Å². The molecular weight excluding hydrogens is 424 g/mol. The summed E-state index contributed by atoms with van der Waals surface area (Å²) in [6.45, 7) is 4.43. The van der Waals surface area contributed by atoms with E-state index in [1.807, 2.05) is 0 Å². The molecule has 0 heterocycles. The fraction of sp³-hybridized carbons (Fsp3) is 0.800. The first-order valence-corrected chi connectivity index (χ1v) is 14.3. The van der Waals surface area contributed by atoms with Crippen LogP contribution in [0.15, 0.2) is 24.3 Å². The Balaban J connectivity index is 4.01. The van der Waals surface area contributed by atoms with Crippen molar-refractivity contribution in [2.75, 3.05) is 0 Å². The summed E-state index contributed by atoms with van der Waals surface area (Å²) in [5, 5.41) is 19.3. The maximum atomic E-state index is 11.8. The lowest BCUT2D eigenvalue weighted by Gasteiger charge is -2.20. The van der Waals surface area contributed by atoms with Gasteiger partial charge in [-0.15, -0.1) is 0 Å². The van der Waals surface area contributed by atoms with Crippen LogP contribution in [-0.4, -0.2) is 22.2 Å². The van der Waals surface area contributed by atoms with Crippen molar-refractivity contribution in [2.24, 2.45) is 11.8 Å². The summed E-state index contributed by atoms with van der Waals surface area (Å²) in [7, 11) is 0. The van der Waals surface area contributed by atoms with Crippen LogP contribution in [0.25, 0.3) is 0 Å². The molecule has 0 aromatic carbocycles. The van der Waals surface area contributed by atoms with E-state index in [2.05, 4.69) is 38.2 Å². The van der Waals surface area contributed by atoms with Gasteiger partial charge < -0.3 is 10.2 Å². The summed E-state index contributed by atoms with van der Waals surface area (Å²) in [5.41, 5.74) is 0. The summed E-state index contributed by atoms with van der Waals surface area (Å²) in [4.78, 5) is 23.5. The molecule has 198 valence electrons. The third kappa shape index (κ3) is 19.9. The van der Waals surface area contributed by atoms with E-state index in [9.17, 15) is 19.8 Å². The average Bonchev–Trinajstić information content (AvgIpc) is 2.81. The number of carboxylic acid groups (broad SMARTS) is 2. The first-order valence-electron chi connectivity index (χ1n) is 14.3. The summed E-state index contributed by atoms with van der Waals surface area (Å²) >= 11 is 0. The van der Waals surface area contributed by atoms with Crippen LogP contribution in [0.3, 0.4) is 0 Å². The molecule has 0 aliphatic carbocycles. The Morgan fingerprint density at radius 3 is 1.32 bits per heavy atom. The zero-order valence-electron chi connectivity index (χ0n) is 22.3. The van der Waals surface area contributed by atoms with Gasteiger partial charge in [-0.05, 0) is 44.9 Å². The van der Waals surface area contributed by atoms with Gasteiger partial charge in [0.2, 0.25) is 0 Å². The van der Waals surface area contributed by atoms with E-state index in [1.165, 1.54) is 57.8 Å². The van der Waals surface area contributed by atoms with Crippen LogP contribution in [0.5, 0.6) is 0 Å². The molecule has 2 unspecified atom stereocenters. The Bertz CT molecular complexity index is 538. The Morgan fingerprint density at radius 1 is 0.529 bits per heavy atom. The maximum absolute atomic E-state index is 11.8. The van der Waals surface area contributed by atoms with Crippen molar-refractivity contribution in [3.63, 3.8) is 0 Å². The van der Waals surface area contributed by atoms with Crippen molar-refractivity contribution in [1.82, 2.24) is 0 Å². The second kappa shape index (κ2) is 24.5. The molecule has 0 bridgehead atoms. The second-order valence-electron chi connectivity index (χ2n) is 9.82. The smallest absolute Gasteiger partial charge is 0.307 e. The normalized spacial score (nSPS) is 13.6. The Morgan fingerprint density at radius 2 is 0.882 bits per heavy atom. The lowest BCUT2D eigenvalue weighted by atomic mass is 9.84. The van der Waals surface area contributed by atoms with Crippen LogP contribution >= 0.6 is 0 Å². The minimum absolute atomic E-state index is 0.474. The van der Waals surface area contributed by atoms with Gasteiger partial charge in [0.1, 0.15) is 0 Å². The van der Waals surface area contributed by atoms with Crippen LogP contribution in [0.2, 0.25) is 0 Å². The molecule has 0 aliphatic heterocycles. The number of allylic oxidation sites excluding steroid dienone is 4. The molecule has 0 rings (SSSR count). The quantitative estimate of drug-likeness (QED) is 0.101. The number of carboxylic acids is 2. The molecule has 4 nitrogen and oxygen atoms in total. The van der Waals surface area contributed by atoms with Crippen LogP contribution in [-0.2, 0) is 9.59 Å². The minimum Gasteiger partial charge on any atom is -0.481 e. The third-order valence-electron chi connectivity index (χ3n) is 6.70. The highest BCUT2D eigenvalue weighted by molar-refractivity contribution is 5.79. The number of rotatable bonds is 25. The third-order valence-corrected chi connectivity index (χ3v) is 6.70. The van der Waals surface area contributed by atoms with E-state index in [0.29, 0.717) is 12.8 Å². The van der Waals surface area contributed by atoms with E-state index in [-0.39, 0.29) is 0 Å². The predicted molar refractivity (Wildman–Crippen MR) is 144 cm³/mol. The van der Waals surface area contributed by atoms with Crippen LogP contribution in [0.1, 0.15) is 142 Å². The monoisotopic (exact) mass is 478 g/mol. The molecule has 0 spiro atoms. The topological polar surface area (TPSA) is 74.6 Å². The summed E-state index contributed by atoms with van der Waals surface area (Å²) in [6, 6.07) is 0. The zero-order chi connectivity index (χ0) is 25.3. The predicted octanol–water partition coefficient (Wildman–Crippen LogP) is 9.34. The molecule has 34 heavy (non-hydrogen) atoms. The van der Waals surface area contributed by atoms with Crippen molar-refractivity contribution >= 4 is 11.9 Å². The molecule has 0 amide bonds. The molecule has 2 N–H and O–H groups in total. The molecular formula is C30H54O4. The van der Waals surface area contributed by atoms with Crippen molar-refractivity contribution in [1.29, 1.82) is 0 Å². The molecule has 0 aliphatic rings. The van der Waals surface area contributed by atoms with Gasteiger partial charge in [-0.2, -0.15) is 0 Å². The lowest BCUT2D eigenvalue weighted by Crippen LogP contribution is -2.30. The number of carbonyl (C=O) groups is 2. The van der Waals surface area contributed by atoms with E-state index in [0.717, 1.165) is 57.8 Å². The average molecular weight is 479 g/mol. The fourth-order valence-corrected chi connectivity index (χ4v) is 4.49. The van der Waals surface area contributed by atoms with Gasteiger partial charge in [-0.1, -0.05) is 122 Å². The second-order valence-corrected chi connectivity index (χ2v) is 9.82. The van der Waals surface area contributed by atoms with Crippen LogP contribution < -0.4 is 0 Å². The van der Waals surface area contributed by atoms with Gasteiger partial charge in [0.15, 0.2) is 0 Å². The number of unbranched alkanes of at least 4 members (excludes halogenated alkanes) is 14. The first kappa shape index (κ1) is 32.4. The summed E-state index contributed by atoms with van der Waals surface area (Å²) < 4.78 is 0. The Labute approximate surface area is 210 Å². The molecule has 0 aromatic rings. The molecule has 4 heteroatoms. The Hall–Kier alpha value is -1.58. The Kier molecular flexibility index (Phi) is 23.4. The van der Waals surface area contributed by atoms with Gasteiger partial charge >= 0.3 is 11.9 Å². The minimum atomic E-state index is -0.947. The summed E-state index contributed by atoms with van der Waals surface area (Å²) in [5.74, 6) is -3.40. The molecule has 0 aromatic heterocycles. The van der Waals surface area contributed by atoms with E-state index in [1.54, 1.807) is 0 Å². The number of hydrogen-bond acceptors (Lipinski definition) is 2. The van der Waals surface area contributed by atoms with Gasteiger partial charge in [0.25, 0.3) is 0 Å². The standard InChI is InChI=1S/C30H54O4/c1-3-5-7-9-11-13-14-15-16-17-18-20-22-24-26-28(30(33)34)27(29(31)32)25-23-21-19-12-10-8-6-4-2/h11,13,15-16,27-28H,3-10,12,14,17-26H2,1-2H3,(H,31,32)(H,33,34)/b13-11-,16-15-. The largest absolute Gasteiger partial charge is 0.481 e. The molecule has 0 saturated carbocycles. The first-order chi connectivity index (χ1) is 16.5. The van der Waals surface area contributed by atoms with Crippen molar-refractivity contribution in [3.05, 3.63) is 24.3 Å².